The molecule has 0 aliphatic heterocycles. The van der Waals surface area contributed by atoms with Crippen LogP contribution in [-0.4, -0.2) is 9.55 Å². The van der Waals surface area contributed by atoms with Gasteiger partial charge in [0, 0.05) is 10.2 Å². The molecular formula is C12H13BrClN3. The van der Waals surface area contributed by atoms with Crippen molar-refractivity contribution in [3.8, 4) is 5.69 Å². The molecule has 0 unspecified atom stereocenters. The minimum absolute atomic E-state index is 0.442. The van der Waals surface area contributed by atoms with E-state index in [1.165, 1.54) is 0 Å². The van der Waals surface area contributed by atoms with E-state index in [2.05, 4.69) is 20.9 Å². The summed E-state index contributed by atoms with van der Waals surface area (Å²) < 4.78 is 2.81. The highest BCUT2D eigenvalue weighted by Crippen LogP contribution is 2.27. The Morgan fingerprint density at radius 3 is 2.71 bits per heavy atom. The van der Waals surface area contributed by atoms with E-state index in [9.17, 15) is 0 Å². The number of imidazole rings is 1. The topological polar surface area (TPSA) is 43.8 Å². The molecule has 0 atom stereocenters. The molecule has 5 heteroatoms. The minimum Gasteiger partial charge on any atom is -0.321 e. The third-order valence-electron chi connectivity index (χ3n) is 2.48. The first-order valence-electron chi connectivity index (χ1n) is 5.17. The molecule has 90 valence electrons. The lowest BCUT2D eigenvalue weighted by Crippen LogP contribution is -2.31. The van der Waals surface area contributed by atoms with Crippen LogP contribution in [0.5, 0.6) is 0 Å². The van der Waals surface area contributed by atoms with Crippen LogP contribution >= 0.6 is 27.5 Å². The van der Waals surface area contributed by atoms with E-state index in [4.69, 9.17) is 17.3 Å². The molecule has 0 radical (unpaired) electrons. The van der Waals surface area contributed by atoms with Crippen molar-refractivity contribution >= 4 is 27.5 Å². The SMILES string of the molecule is CC(C)(N)c1cncn1-c1ccc(Cl)c(Br)c1. The average Bonchev–Trinajstić information content (AvgIpc) is 2.70. The predicted octanol–water partition coefficient (Wildman–Crippen LogP) is 3.48. The molecule has 0 spiro atoms. The van der Waals surface area contributed by atoms with Gasteiger partial charge in [0.1, 0.15) is 0 Å². The van der Waals surface area contributed by atoms with Gasteiger partial charge in [-0.05, 0) is 48.0 Å². The highest BCUT2D eigenvalue weighted by Gasteiger charge is 2.19. The summed E-state index contributed by atoms with van der Waals surface area (Å²) in [7, 11) is 0. The summed E-state index contributed by atoms with van der Waals surface area (Å²) in [6, 6.07) is 5.72. The third-order valence-corrected chi connectivity index (χ3v) is 3.69. The number of halogens is 2. The molecule has 0 aliphatic rings. The van der Waals surface area contributed by atoms with Crippen molar-refractivity contribution < 1.29 is 0 Å². The summed E-state index contributed by atoms with van der Waals surface area (Å²) >= 11 is 9.38. The van der Waals surface area contributed by atoms with E-state index in [-0.39, 0.29) is 0 Å². The van der Waals surface area contributed by atoms with Gasteiger partial charge in [-0.3, -0.25) is 0 Å². The van der Waals surface area contributed by atoms with Gasteiger partial charge in [-0.15, -0.1) is 0 Å². The number of hydrogen-bond donors (Lipinski definition) is 1. The maximum Gasteiger partial charge on any atom is 0.0994 e. The second-order valence-corrected chi connectivity index (χ2v) is 5.73. The zero-order valence-corrected chi connectivity index (χ0v) is 12.0. The minimum atomic E-state index is -0.442. The number of benzene rings is 1. The van der Waals surface area contributed by atoms with Crippen molar-refractivity contribution in [2.45, 2.75) is 19.4 Å². The zero-order chi connectivity index (χ0) is 12.6. The Balaban J connectivity index is 2.54. The molecule has 2 rings (SSSR count). The first kappa shape index (κ1) is 12.6. The van der Waals surface area contributed by atoms with Crippen LogP contribution in [0.2, 0.25) is 5.02 Å². The van der Waals surface area contributed by atoms with Gasteiger partial charge >= 0.3 is 0 Å². The number of aromatic nitrogens is 2. The van der Waals surface area contributed by atoms with Gasteiger partial charge in [0.15, 0.2) is 0 Å². The Morgan fingerprint density at radius 2 is 2.12 bits per heavy atom. The van der Waals surface area contributed by atoms with Gasteiger partial charge in [-0.1, -0.05) is 11.6 Å². The fraction of sp³-hybridized carbons (Fsp3) is 0.250. The zero-order valence-electron chi connectivity index (χ0n) is 9.61. The summed E-state index contributed by atoms with van der Waals surface area (Å²) in [6.45, 7) is 3.90. The molecule has 17 heavy (non-hydrogen) atoms. The second-order valence-electron chi connectivity index (χ2n) is 4.47. The van der Waals surface area contributed by atoms with E-state index >= 15 is 0 Å². The Hall–Kier alpha value is -0.840. The molecule has 0 saturated heterocycles. The first-order chi connectivity index (χ1) is 7.89. The molecule has 0 bridgehead atoms. The lowest BCUT2D eigenvalue weighted by Gasteiger charge is -2.20. The highest BCUT2D eigenvalue weighted by atomic mass is 79.9. The van der Waals surface area contributed by atoms with Crippen LogP contribution in [0.3, 0.4) is 0 Å². The molecule has 1 heterocycles. The van der Waals surface area contributed by atoms with Gasteiger partial charge < -0.3 is 10.3 Å². The Kier molecular flexibility index (Phi) is 3.30. The standard InChI is InChI=1S/C12H13BrClN3/c1-12(2,15)11-6-16-7-17(11)8-3-4-10(14)9(13)5-8/h3-7H,15H2,1-2H3. The summed E-state index contributed by atoms with van der Waals surface area (Å²) in [4.78, 5) is 4.15. The van der Waals surface area contributed by atoms with Crippen LogP contribution in [-0.2, 0) is 5.54 Å². The van der Waals surface area contributed by atoms with Crippen LogP contribution < -0.4 is 5.73 Å². The molecule has 1 aromatic heterocycles. The second kappa shape index (κ2) is 4.44. The van der Waals surface area contributed by atoms with Crippen LogP contribution in [0.1, 0.15) is 19.5 Å². The summed E-state index contributed by atoms with van der Waals surface area (Å²) in [5, 5.41) is 0.683. The van der Waals surface area contributed by atoms with Gasteiger partial charge in [0.25, 0.3) is 0 Å². The van der Waals surface area contributed by atoms with Gasteiger partial charge in [-0.25, -0.2) is 4.98 Å². The third kappa shape index (κ3) is 2.54. The molecule has 0 amide bonds. The van der Waals surface area contributed by atoms with E-state index in [0.29, 0.717) is 5.02 Å². The monoisotopic (exact) mass is 313 g/mol. The van der Waals surface area contributed by atoms with Crippen LogP contribution in [0.25, 0.3) is 5.69 Å². The number of rotatable bonds is 2. The Morgan fingerprint density at radius 1 is 1.41 bits per heavy atom. The number of hydrogen-bond acceptors (Lipinski definition) is 2. The van der Waals surface area contributed by atoms with Crippen molar-refractivity contribution in [1.82, 2.24) is 9.55 Å². The van der Waals surface area contributed by atoms with Crippen molar-refractivity contribution in [3.05, 3.63) is 45.9 Å². The normalized spacial score (nSPS) is 11.8. The Bertz CT molecular complexity index is 543. The summed E-state index contributed by atoms with van der Waals surface area (Å²) in [6.07, 6.45) is 3.53. The van der Waals surface area contributed by atoms with Gasteiger partial charge in [0.05, 0.1) is 28.8 Å². The smallest absolute Gasteiger partial charge is 0.0994 e. The summed E-state index contributed by atoms with van der Waals surface area (Å²) in [5.74, 6) is 0. The number of nitrogens with zero attached hydrogens (tertiary/aromatic N) is 2. The molecule has 2 N–H and O–H groups in total. The van der Waals surface area contributed by atoms with Gasteiger partial charge in [-0.2, -0.15) is 0 Å². The van der Waals surface area contributed by atoms with Crippen molar-refractivity contribution in [2.24, 2.45) is 5.73 Å². The maximum atomic E-state index is 6.11. The van der Waals surface area contributed by atoms with E-state index in [0.717, 1.165) is 15.9 Å². The average molecular weight is 315 g/mol. The van der Waals surface area contributed by atoms with Gasteiger partial charge in [0.2, 0.25) is 0 Å². The van der Waals surface area contributed by atoms with Crippen LogP contribution in [0.15, 0.2) is 35.2 Å². The highest BCUT2D eigenvalue weighted by molar-refractivity contribution is 9.10. The molecule has 2 aromatic rings. The predicted molar refractivity (Wildman–Crippen MR) is 73.5 cm³/mol. The molecule has 0 saturated carbocycles. The van der Waals surface area contributed by atoms with Crippen molar-refractivity contribution in [2.75, 3.05) is 0 Å². The van der Waals surface area contributed by atoms with E-state index in [1.807, 2.05) is 36.6 Å². The fourth-order valence-corrected chi connectivity index (χ4v) is 2.10. The van der Waals surface area contributed by atoms with E-state index < -0.39 is 5.54 Å². The van der Waals surface area contributed by atoms with Crippen molar-refractivity contribution in [3.63, 3.8) is 0 Å². The summed E-state index contributed by atoms with van der Waals surface area (Å²) in [5.41, 5.74) is 7.60. The maximum absolute atomic E-state index is 6.11. The largest absolute Gasteiger partial charge is 0.321 e. The molecule has 1 aromatic carbocycles. The molecule has 0 aliphatic carbocycles. The van der Waals surface area contributed by atoms with Crippen LogP contribution in [0.4, 0.5) is 0 Å². The first-order valence-corrected chi connectivity index (χ1v) is 6.34. The molecule has 0 fully saturated rings. The van der Waals surface area contributed by atoms with Crippen LogP contribution in [0, 0.1) is 0 Å². The lowest BCUT2D eigenvalue weighted by molar-refractivity contribution is 0.524. The lowest BCUT2D eigenvalue weighted by atomic mass is 10.0. The quantitative estimate of drug-likeness (QED) is 0.922. The molecular weight excluding hydrogens is 302 g/mol. The fourth-order valence-electron chi connectivity index (χ4n) is 1.61. The Labute approximate surface area is 114 Å². The van der Waals surface area contributed by atoms with Crippen molar-refractivity contribution in [1.29, 1.82) is 0 Å². The number of nitrogens with two attached hydrogens (primary N) is 1. The van der Waals surface area contributed by atoms with E-state index in [1.54, 1.807) is 12.5 Å². The molecule has 3 nitrogen and oxygen atoms in total.